The number of aliphatic carboxylic acids is 2. The van der Waals surface area contributed by atoms with Gasteiger partial charge in [-0.1, -0.05) is 0 Å². The van der Waals surface area contributed by atoms with Gasteiger partial charge in [0.05, 0.1) is 29.6 Å². The summed E-state index contributed by atoms with van der Waals surface area (Å²) in [7, 11) is 0. The number of hydrogen-bond donors (Lipinski definition) is 4. The number of hydrogen-bond acceptors (Lipinski definition) is 14. The van der Waals surface area contributed by atoms with Crippen LogP contribution in [0, 0.1) is 35.5 Å². The Morgan fingerprint density at radius 3 is 1.19 bits per heavy atom. The predicted octanol–water partition coefficient (Wildman–Crippen LogP) is 4.74. The number of ether oxygens (including phenoxy) is 5. The fourth-order valence-electron chi connectivity index (χ4n) is 6.53. The van der Waals surface area contributed by atoms with Gasteiger partial charge in [-0.05, 0) is 130 Å². The van der Waals surface area contributed by atoms with E-state index in [1.807, 2.05) is 41.5 Å². The van der Waals surface area contributed by atoms with Crippen LogP contribution in [-0.2, 0) is 47.7 Å². The second kappa shape index (κ2) is 23.5. The third-order valence-corrected chi connectivity index (χ3v) is 9.13. The Bertz CT molecular complexity index is 1520. The second-order valence-corrected chi connectivity index (χ2v) is 20.7. The molecule has 6 atom stereocenters. The van der Waals surface area contributed by atoms with E-state index in [1.54, 1.807) is 67.2 Å². The molecule has 3 rings (SSSR count). The fourth-order valence-corrected chi connectivity index (χ4v) is 6.53. The van der Waals surface area contributed by atoms with Crippen LogP contribution in [0.2, 0.25) is 0 Å². The van der Waals surface area contributed by atoms with Gasteiger partial charge in [0.15, 0.2) is 0 Å². The van der Waals surface area contributed by atoms with Gasteiger partial charge in [0.25, 0.3) is 0 Å². The minimum Gasteiger partial charge on any atom is -0.481 e. The normalized spacial score (nSPS) is 23.3. The maximum atomic E-state index is 12.2. The summed E-state index contributed by atoms with van der Waals surface area (Å²) in [6.07, 6.45) is 0.260. The summed E-state index contributed by atoms with van der Waals surface area (Å²) >= 11 is 0. The Morgan fingerprint density at radius 1 is 0.500 bits per heavy atom. The zero-order chi connectivity index (χ0) is 47.5. The van der Waals surface area contributed by atoms with Gasteiger partial charge in [0, 0.05) is 53.7 Å². The molecule has 3 fully saturated rings. The van der Waals surface area contributed by atoms with Gasteiger partial charge >= 0.3 is 42.0 Å². The molecule has 3 heterocycles. The van der Waals surface area contributed by atoms with Gasteiger partial charge in [0.1, 0.15) is 28.0 Å². The molecule has 0 bridgehead atoms. The molecule has 355 valence electrons. The van der Waals surface area contributed by atoms with E-state index in [0.29, 0.717) is 39.0 Å². The summed E-state index contributed by atoms with van der Waals surface area (Å²) < 4.78 is 26.5. The van der Waals surface area contributed by atoms with E-state index in [9.17, 15) is 43.8 Å². The first-order valence-electron chi connectivity index (χ1n) is 21.0. The van der Waals surface area contributed by atoms with Crippen molar-refractivity contribution in [2.24, 2.45) is 35.5 Å². The van der Waals surface area contributed by atoms with Crippen LogP contribution in [0.1, 0.15) is 123 Å². The highest BCUT2D eigenvalue weighted by Crippen LogP contribution is 2.30. The van der Waals surface area contributed by atoms with Crippen LogP contribution in [0.15, 0.2) is 0 Å². The first-order valence-corrected chi connectivity index (χ1v) is 21.0. The lowest BCUT2D eigenvalue weighted by Gasteiger charge is -2.38. The lowest BCUT2D eigenvalue weighted by atomic mass is 9.85. The number of aliphatic hydroxyl groups is 1. The maximum absolute atomic E-state index is 12.2. The summed E-state index contributed by atoms with van der Waals surface area (Å²) in [4.78, 5) is 85.8. The Labute approximate surface area is 370 Å². The number of amides is 2. The molecule has 19 heteroatoms. The number of carboxylic acids is 2. The smallest absolute Gasteiger partial charge is 0.410 e. The van der Waals surface area contributed by atoms with E-state index in [4.69, 9.17) is 28.8 Å². The van der Waals surface area contributed by atoms with Gasteiger partial charge in [-0.25, -0.2) is 9.59 Å². The summed E-state index contributed by atoms with van der Waals surface area (Å²) in [5.41, 5.74) is -3.02. The zero-order valence-corrected chi connectivity index (χ0v) is 39.7. The standard InChI is InChI=1S/C16H27NO6.C16H29NO5.C11H19NO4.B/c1-15(2,3)22-13(20)10-7-8-17(9-11(10)12(18)19)14(21)23-16(4,5)6;1-15(2,3)21-13(19)12-7-8-17(9-11(12)10-18)14(20)22-16(4,5)6;1-11(2,3)16-10(15)7-4-5-12-6-8(7)9(13)14;/h10-11H,7-9H2,1-6H3,(H,18,19);11-12,18H,7-10H2,1-6H3;7-8,12H,4-6H2,1-3H3,(H,13,14);/t10-,11-;11-,12+;7-,8-;/m010./s1. The highest BCUT2D eigenvalue weighted by atomic mass is 16.6. The molecule has 0 spiro atoms. The Kier molecular flexibility index (Phi) is 22.0. The molecular formula is C43H75BN3O15. The number of likely N-dealkylation sites (tertiary alicyclic amines) is 2. The SMILES string of the molecule is CC(C)(C)OC(=O)[C@H]1CCN(C(=O)OC(C)(C)C)C[C@@H]1C(=O)O.CC(C)(C)OC(=O)[C@H]1CCN(C(=O)OC(C)(C)C)C[C@@H]1CO.CC(C)(C)OC(=O)[C@H]1CCNC[C@@H]1C(=O)O.[B]. The Morgan fingerprint density at radius 2 is 0.839 bits per heavy atom. The van der Waals surface area contributed by atoms with E-state index < -0.39 is 87.7 Å². The van der Waals surface area contributed by atoms with Crippen LogP contribution in [0.4, 0.5) is 9.59 Å². The zero-order valence-electron chi connectivity index (χ0n) is 39.7. The number of esters is 3. The average Bonchev–Trinajstić information content (AvgIpc) is 3.08. The van der Waals surface area contributed by atoms with E-state index in [0.717, 1.165) is 0 Å². The van der Waals surface area contributed by atoms with Crippen molar-refractivity contribution in [1.82, 2.24) is 15.1 Å². The van der Waals surface area contributed by atoms with Crippen molar-refractivity contribution in [2.75, 3.05) is 45.9 Å². The molecule has 0 aliphatic carbocycles. The van der Waals surface area contributed by atoms with Gasteiger partial charge < -0.3 is 54.1 Å². The molecule has 0 aromatic carbocycles. The molecular weight excluding hydrogens is 809 g/mol. The minimum atomic E-state index is -1.12. The fraction of sp³-hybridized carbons (Fsp3) is 0.837. The molecule has 2 amide bonds. The van der Waals surface area contributed by atoms with Crippen LogP contribution in [0.5, 0.6) is 0 Å². The van der Waals surface area contributed by atoms with Gasteiger partial charge in [-0.15, -0.1) is 0 Å². The van der Waals surface area contributed by atoms with E-state index >= 15 is 0 Å². The molecule has 0 saturated carbocycles. The number of carbonyl (C=O) groups is 7. The molecule has 18 nitrogen and oxygen atoms in total. The molecule has 4 N–H and O–H groups in total. The molecule has 3 aliphatic heterocycles. The first kappa shape index (κ1) is 57.9. The van der Waals surface area contributed by atoms with Gasteiger partial charge in [0.2, 0.25) is 0 Å². The van der Waals surface area contributed by atoms with E-state index in [2.05, 4.69) is 5.32 Å². The highest BCUT2D eigenvalue weighted by Gasteiger charge is 2.43. The van der Waals surface area contributed by atoms with Crippen molar-refractivity contribution in [3.05, 3.63) is 0 Å². The number of nitrogens with zero attached hydrogens (tertiary/aromatic N) is 2. The molecule has 0 aromatic rings. The number of carbonyl (C=O) groups excluding carboxylic acids is 5. The minimum absolute atomic E-state index is 0. The third-order valence-electron chi connectivity index (χ3n) is 9.13. The topological polar surface area (TPSA) is 245 Å². The van der Waals surface area contributed by atoms with E-state index in [1.165, 1.54) is 4.90 Å². The van der Waals surface area contributed by atoms with Crippen LogP contribution < -0.4 is 5.32 Å². The second-order valence-electron chi connectivity index (χ2n) is 20.7. The molecule has 0 unspecified atom stereocenters. The van der Waals surface area contributed by atoms with Crippen LogP contribution in [0.25, 0.3) is 0 Å². The van der Waals surface area contributed by atoms with Crippen molar-refractivity contribution < 1.29 is 72.6 Å². The average molecular weight is 885 g/mol. The summed E-state index contributed by atoms with van der Waals surface area (Å²) in [5.74, 6) is -6.97. The quantitative estimate of drug-likeness (QED) is 0.160. The largest absolute Gasteiger partial charge is 0.481 e. The number of carboxylic acid groups (broad SMARTS) is 2. The third kappa shape index (κ3) is 21.8. The number of nitrogens with one attached hydrogen (secondary N) is 1. The van der Waals surface area contributed by atoms with Crippen molar-refractivity contribution in [3.8, 4) is 0 Å². The lowest BCUT2D eigenvalue weighted by Crippen LogP contribution is -2.50. The number of piperidine rings is 3. The van der Waals surface area contributed by atoms with Crippen molar-refractivity contribution in [1.29, 1.82) is 0 Å². The predicted molar refractivity (Wildman–Crippen MR) is 229 cm³/mol. The van der Waals surface area contributed by atoms with Crippen LogP contribution in [-0.4, -0.2) is 149 Å². The molecule has 0 aromatic heterocycles. The van der Waals surface area contributed by atoms with Crippen molar-refractivity contribution >= 4 is 50.4 Å². The number of rotatable bonds is 6. The summed E-state index contributed by atoms with van der Waals surface area (Å²) in [6.45, 7) is 28.4. The molecule has 3 saturated heterocycles. The molecule has 3 radical (unpaired) electrons. The van der Waals surface area contributed by atoms with Crippen molar-refractivity contribution in [3.63, 3.8) is 0 Å². The van der Waals surface area contributed by atoms with Crippen LogP contribution in [0.3, 0.4) is 0 Å². The monoisotopic (exact) mass is 885 g/mol. The van der Waals surface area contributed by atoms with Gasteiger partial charge in [-0.2, -0.15) is 0 Å². The Balaban J connectivity index is 0.000000907. The van der Waals surface area contributed by atoms with Crippen molar-refractivity contribution in [2.45, 2.75) is 151 Å². The maximum Gasteiger partial charge on any atom is 0.410 e. The van der Waals surface area contributed by atoms with Gasteiger partial charge in [-0.3, -0.25) is 24.0 Å². The number of aliphatic hydroxyl groups excluding tert-OH is 1. The molecule has 62 heavy (non-hydrogen) atoms. The Hall–Kier alpha value is -4.13. The summed E-state index contributed by atoms with van der Waals surface area (Å²) in [6, 6.07) is 0. The summed E-state index contributed by atoms with van der Waals surface area (Å²) in [5, 5.41) is 30.9. The lowest BCUT2D eigenvalue weighted by molar-refractivity contribution is -0.169. The molecule has 3 aliphatic rings. The highest BCUT2D eigenvalue weighted by molar-refractivity contribution is 5.83. The van der Waals surface area contributed by atoms with Crippen LogP contribution >= 0.6 is 0 Å². The first-order chi connectivity index (χ1) is 27.5. The van der Waals surface area contributed by atoms with E-state index in [-0.39, 0.29) is 52.3 Å².